The van der Waals surface area contributed by atoms with E-state index in [-0.39, 0.29) is 5.78 Å². The SMILES string of the molecule is O=C(O)COc1ccc(C(=O)c2ccc(-c3cccs3)cc2)cc1. The highest BCUT2D eigenvalue weighted by Gasteiger charge is 2.10. The molecule has 0 radical (unpaired) electrons. The number of thiophene rings is 1. The number of carboxylic acids is 1. The Balaban J connectivity index is 1.73. The third-order valence-corrected chi connectivity index (χ3v) is 4.35. The lowest BCUT2D eigenvalue weighted by Gasteiger charge is -2.05. The molecule has 0 aliphatic carbocycles. The highest BCUT2D eigenvalue weighted by Crippen LogP contribution is 2.25. The number of hydrogen-bond donors (Lipinski definition) is 1. The number of ketones is 1. The molecule has 0 fully saturated rings. The van der Waals surface area contributed by atoms with Gasteiger partial charge in [-0.1, -0.05) is 30.3 Å². The van der Waals surface area contributed by atoms with Gasteiger partial charge >= 0.3 is 5.97 Å². The van der Waals surface area contributed by atoms with Crippen LogP contribution in [0.15, 0.2) is 66.0 Å². The summed E-state index contributed by atoms with van der Waals surface area (Å²) in [5.41, 5.74) is 2.22. The van der Waals surface area contributed by atoms with Gasteiger partial charge in [0.1, 0.15) is 5.75 Å². The number of carbonyl (C=O) groups is 2. The molecule has 0 unspecified atom stereocenters. The van der Waals surface area contributed by atoms with E-state index in [2.05, 4.69) is 0 Å². The molecule has 0 saturated heterocycles. The van der Waals surface area contributed by atoms with E-state index < -0.39 is 12.6 Å². The fourth-order valence-electron chi connectivity index (χ4n) is 2.24. The summed E-state index contributed by atoms with van der Waals surface area (Å²) in [5, 5.41) is 10.6. The maximum atomic E-state index is 12.5. The second kappa shape index (κ2) is 7.10. The fourth-order valence-corrected chi connectivity index (χ4v) is 2.98. The zero-order valence-electron chi connectivity index (χ0n) is 12.6. The average molecular weight is 338 g/mol. The minimum absolute atomic E-state index is 0.0856. The van der Waals surface area contributed by atoms with Crippen LogP contribution in [0.2, 0.25) is 0 Å². The van der Waals surface area contributed by atoms with Crippen molar-refractivity contribution in [2.24, 2.45) is 0 Å². The van der Waals surface area contributed by atoms with Crippen molar-refractivity contribution >= 4 is 23.1 Å². The van der Waals surface area contributed by atoms with Crippen molar-refractivity contribution in [1.82, 2.24) is 0 Å². The maximum absolute atomic E-state index is 12.5. The van der Waals surface area contributed by atoms with Crippen LogP contribution < -0.4 is 4.74 Å². The van der Waals surface area contributed by atoms with Crippen LogP contribution in [-0.4, -0.2) is 23.5 Å². The second-order valence-electron chi connectivity index (χ2n) is 5.09. The molecule has 0 saturated carbocycles. The molecule has 1 N–H and O–H groups in total. The van der Waals surface area contributed by atoms with Crippen LogP contribution in [0.5, 0.6) is 5.75 Å². The summed E-state index contributed by atoms with van der Waals surface area (Å²) in [7, 11) is 0. The van der Waals surface area contributed by atoms with Gasteiger partial charge in [-0.3, -0.25) is 4.79 Å². The lowest BCUT2D eigenvalue weighted by atomic mass is 10.0. The number of aliphatic carboxylic acids is 1. The van der Waals surface area contributed by atoms with Crippen molar-refractivity contribution in [2.45, 2.75) is 0 Å². The summed E-state index contributed by atoms with van der Waals surface area (Å²) in [5.74, 6) is -0.708. The molecule has 1 heterocycles. The fraction of sp³-hybridized carbons (Fsp3) is 0.0526. The highest BCUT2D eigenvalue weighted by molar-refractivity contribution is 7.13. The van der Waals surface area contributed by atoms with E-state index in [4.69, 9.17) is 9.84 Å². The van der Waals surface area contributed by atoms with Crippen molar-refractivity contribution in [3.05, 3.63) is 77.2 Å². The summed E-state index contributed by atoms with van der Waals surface area (Å²) in [6.07, 6.45) is 0. The molecule has 0 spiro atoms. The van der Waals surface area contributed by atoms with Crippen molar-refractivity contribution in [1.29, 1.82) is 0 Å². The van der Waals surface area contributed by atoms with Gasteiger partial charge in [-0.05, 0) is 41.3 Å². The topological polar surface area (TPSA) is 63.6 Å². The Morgan fingerprint density at radius 2 is 1.54 bits per heavy atom. The normalized spacial score (nSPS) is 10.3. The molecule has 0 bridgehead atoms. The second-order valence-corrected chi connectivity index (χ2v) is 6.04. The number of benzene rings is 2. The molecular weight excluding hydrogens is 324 g/mol. The van der Waals surface area contributed by atoms with Gasteiger partial charge in [0.2, 0.25) is 0 Å². The molecule has 4 nitrogen and oxygen atoms in total. The smallest absolute Gasteiger partial charge is 0.341 e. The molecule has 24 heavy (non-hydrogen) atoms. The van der Waals surface area contributed by atoms with Crippen molar-refractivity contribution in [2.75, 3.05) is 6.61 Å². The molecule has 0 amide bonds. The Bertz CT molecular complexity index is 834. The molecule has 3 rings (SSSR count). The first-order valence-corrected chi connectivity index (χ1v) is 8.15. The summed E-state index contributed by atoms with van der Waals surface area (Å²) in [6.45, 7) is -0.405. The largest absolute Gasteiger partial charge is 0.482 e. The van der Waals surface area contributed by atoms with E-state index >= 15 is 0 Å². The van der Waals surface area contributed by atoms with Gasteiger partial charge in [-0.15, -0.1) is 11.3 Å². The number of rotatable bonds is 6. The molecule has 5 heteroatoms. The van der Waals surface area contributed by atoms with Crippen LogP contribution >= 0.6 is 11.3 Å². The lowest BCUT2D eigenvalue weighted by Crippen LogP contribution is -2.09. The minimum Gasteiger partial charge on any atom is -0.482 e. The molecule has 1 aromatic heterocycles. The van der Waals surface area contributed by atoms with E-state index in [9.17, 15) is 9.59 Å². The first kappa shape index (κ1) is 16.0. The zero-order valence-corrected chi connectivity index (χ0v) is 13.5. The average Bonchev–Trinajstić information content (AvgIpc) is 3.14. The minimum atomic E-state index is -1.04. The van der Waals surface area contributed by atoms with E-state index in [0.29, 0.717) is 16.9 Å². The van der Waals surface area contributed by atoms with Gasteiger partial charge in [-0.25, -0.2) is 4.79 Å². The standard InChI is InChI=1S/C19H14O4S/c20-18(21)12-23-16-9-7-15(8-10-16)19(22)14-5-3-13(4-6-14)17-2-1-11-24-17/h1-11H,12H2,(H,20,21). The Labute approximate surface area is 143 Å². The molecule has 2 aromatic carbocycles. The van der Waals surface area contributed by atoms with Crippen molar-refractivity contribution in [3.8, 4) is 16.2 Å². The van der Waals surface area contributed by atoms with Gasteiger partial charge in [0, 0.05) is 16.0 Å². The Hall–Kier alpha value is -2.92. The zero-order chi connectivity index (χ0) is 16.9. The Morgan fingerprint density at radius 3 is 2.08 bits per heavy atom. The maximum Gasteiger partial charge on any atom is 0.341 e. The molecule has 0 aliphatic heterocycles. The lowest BCUT2D eigenvalue weighted by molar-refractivity contribution is -0.139. The van der Waals surface area contributed by atoms with E-state index in [1.165, 1.54) is 0 Å². The van der Waals surface area contributed by atoms with Crippen LogP contribution in [0.25, 0.3) is 10.4 Å². The first-order chi connectivity index (χ1) is 11.6. The van der Waals surface area contributed by atoms with Gasteiger partial charge in [0.15, 0.2) is 12.4 Å². The predicted octanol–water partition coefficient (Wildman–Crippen LogP) is 4.11. The van der Waals surface area contributed by atoms with E-state index in [0.717, 1.165) is 10.4 Å². The van der Waals surface area contributed by atoms with Crippen LogP contribution in [0, 0.1) is 0 Å². The van der Waals surface area contributed by atoms with Gasteiger partial charge in [0.05, 0.1) is 0 Å². The van der Waals surface area contributed by atoms with Crippen molar-refractivity contribution in [3.63, 3.8) is 0 Å². The van der Waals surface area contributed by atoms with Crippen LogP contribution in [0.4, 0.5) is 0 Å². The summed E-state index contributed by atoms with van der Waals surface area (Å²) in [6, 6.07) is 18.0. The Morgan fingerprint density at radius 1 is 0.917 bits per heavy atom. The summed E-state index contributed by atoms with van der Waals surface area (Å²) < 4.78 is 5.06. The van der Waals surface area contributed by atoms with Gasteiger partial charge < -0.3 is 9.84 Å². The summed E-state index contributed by atoms with van der Waals surface area (Å²) in [4.78, 5) is 24.1. The monoisotopic (exact) mass is 338 g/mol. The van der Waals surface area contributed by atoms with Crippen LogP contribution in [-0.2, 0) is 4.79 Å². The van der Waals surface area contributed by atoms with Crippen LogP contribution in [0.3, 0.4) is 0 Å². The van der Waals surface area contributed by atoms with E-state index in [1.807, 2.05) is 41.8 Å². The number of hydrogen-bond acceptors (Lipinski definition) is 4. The number of carbonyl (C=O) groups excluding carboxylic acids is 1. The molecule has 3 aromatic rings. The van der Waals surface area contributed by atoms with E-state index in [1.54, 1.807) is 35.6 Å². The molecular formula is C19H14O4S. The molecule has 0 atom stereocenters. The third-order valence-electron chi connectivity index (χ3n) is 3.43. The van der Waals surface area contributed by atoms with Crippen molar-refractivity contribution < 1.29 is 19.4 Å². The summed E-state index contributed by atoms with van der Waals surface area (Å²) >= 11 is 1.65. The predicted molar refractivity (Wildman–Crippen MR) is 92.8 cm³/mol. The first-order valence-electron chi connectivity index (χ1n) is 7.27. The van der Waals surface area contributed by atoms with Crippen LogP contribution in [0.1, 0.15) is 15.9 Å². The molecule has 120 valence electrons. The highest BCUT2D eigenvalue weighted by atomic mass is 32.1. The quantitative estimate of drug-likeness (QED) is 0.687. The number of ether oxygens (including phenoxy) is 1. The van der Waals surface area contributed by atoms with Gasteiger partial charge in [-0.2, -0.15) is 0 Å². The number of carboxylic acid groups (broad SMARTS) is 1. The Kier molecular flexibility index (Phi) is 4.72. The third kappa shape index (κ3) is 3.70. The van der Waals surface area contributed by atoms with Gasteiger partial charge in [0.25, 0.3) is 0 Å². The molecule has 0 aliphatic rings.